The lowest BCUT2D eigenvalue weighted by molar-refractivity contribution is -0.384. The number of aliphatic imine (C=N–C) groups is 1. The Labute approximate surface area is 105 Å². The van der Waals surface area contributed by atoms with E-state index in [9.17, 15) is 10.1 Å². The van der Waals surface area contributed by atoms with Crippen molar-refractivity contribution in [2.45, 2.75) is 13.5 Å². The molecule has 18 heavy (non-hydrogen) atoms. The second-order valence-electron chi connectivity index (χ2n) is 3.75. The van der Waals surface area contributed by atoms with E-state index in [4.69, 9.17) is 0 Å². The van der Waals surface area contributed by atoms with Crippen LogP contribution < -0.4 is 0 Å². The number of nitro groups is 1. The van der Waals surface area contributed by atoms with Gasteiger partial charge in [-0.05, 0) is 25.1 Å². The number of nitro benzene ring substituents is 1. The van der Waals surface area contributed by atoms with Crippen molar-refractivity contribution in [1.29, 1.82) is 0 Å². The van der Waals surface area contributed by atoms with Gasteiger partial charge in [0, 0.05) is 24.9 Å². The van der Waals surface area contributed by atoms with Gasteiger partial charge in [-0.15, -0.1) is 0 Å². The third-order valence-corrected chi connectivity index (χ3v) is 2.59. The molecule has 1 aromatic carbocycles. The Morgan fingerprint density at radius 2 is 2.22 bits per heavy atom. The zero-order valence-corrected chi connectivity index (χ0v) is 9.98. The summed E-state index contributed by atoms with van der Waals surface area (Å²) in [6.07, 6.45) is 3.68. The Hall–Kier alpha value is -2.43. The molecule has 0 unspecified atom stereocenters. The molecular formula is C13H13N3O2. The van der Waals surface area contributed by atoms with Crippen LogP contribution in [-0.2, 0) is 6.54 Å². The molecule has 1 heterocycles. The summed E-state index contributed by atoms with van der Waals surface area (Å²) in [5.41, 5.74) is 1.60. The number of non-ortho nitro benzene ring substituents is 1. The predicted molar refractivity (Wildman–Crippen MR) is 70.5 cm³/mol. The summed E-state index contributed by atoms with van der Waals surface area (Å²) in [4.78, 5) is 14.5. The van der Waals surface area contributed by atoms with E-state index in [1.54, 1.807) is 18.3 Å². The SMILES string of the molecule is CCn1cccc1C=Nc1cccc([N+](=O)[O-])c1. The van der Waals surface area contributed by atoms with Gasteiger partial charge < -0.3 is 4.57 Å². The Morgan fingerprint density at radius 3 is 2.94 bits per heavy atom. The molecule has 2 rings (SSSR count). The van der Waals surface area contributed by atoms with Gasteiger partial charge in [0.15, 0.2) is 0 Å². The lowest BCUT2D eigenvalue weighted by atomic mass is 10.3. The highest BCUT2D eigenvalue weighted by molar-refractivity contribution is 5.80. The third-order valence-electron chi connectivity index (χ3n) is 2.59. The van der Waals surface area contributed by atoms with Crippen molar-refractivity contribution in [3.8, 4) is 0 Å². The molecule has 2 aromatic rings. The van der Waals surface area contributed by atoms with E-state index in [-0.39, 0.29) is 5.69 Å². The van der Waals surface area contributed by atoms with E-state index in [0.29, 0.717) is 5.69 Å². The first-order chi connectivity index (χ1) is 8.70. The molecule has 5 heteroatoms. The maximum absolute atomic E-state index is 10.6. The zero-order chi connectivity index (χ0) is 13.0. The van der Waals surface area contributed by atoms with Crippen LogP contribution in [0.25, 0.3) is 0 Å². The average Bonchev–Trinajstić information content (AvgIpc) is 2.84. The van der Waals surface area contributed by atoms with Gasteiger partial charge in [0.25, 0.3) is 5.69 Å². The summed E-state index contributed by atoms with van der Waals surface area (Å²) in [7, 11) is 0. The Balaban J connectivity index is 2.23. The number of aryl methyl sites for hydroxylation is 1. The zero-order valence-electron chi connectivity index (χ0n) is 9.98. The highest BCUT2D eigenvalue weighted by atomic mass is 16.6. The number of aromatic nitrogens is 1. The largest absolute Gasteiger partial charge is 0.347 e. The molecule has 5 nitrogen and oxygen atoms in total. The maximum Gasteiger partial charge on any atom is 0.271 e. The quantitative estimate of drug-likeness (QED) is 0.470. The molecule has 0 spiro atoms. The Morgan fingerprint density at radius 1 is 1.39 bits per heavy atom. The van der Waals surface area contributed by atoms with Gasteiger partial charge in [0.1, 0.15) is 0 Å². The molecule has 0 fully saturated rings. The molecule has 0 radical (unpaired) electrons. The summed E-state index contributed by atoms with van der Waals surface area (Å²) >= 11 is 0. The standard InChI is InChI=1S/C13H13N3O2/c1-2-15-8-4-7-13(15)10-14-11-5-3-6-12(9-11)16(17)18/h3-10H,2H2,1H3. The van der Waals surface area contributed by atoms with E-state index < -0.39 is 4.92 Å². The molecule has 0 amide bonds. The first-order valence-electron chi connectivity index (χ1n) is 5.64. The average molecular weight is 243 g/mol. The molecule has 0 N–H and O–H groups in total. The van der Waals surface area contributed by atoms with Crippen molar-refractivity contribution in [3.63, 3.8) is 0 Å². The molecule has 1 aromatic heterocycles. The van der Waals surface area contributed by atoms with Crippen molar-refractivity contribution < 1.29 is 4.92 Å². The Kier molecular flexibility index (Phi) is 3.52. The van der Waals surface area contributed by atoms with Crippen molar-refractivity contribution in [1.82, 2.24) is 4.57 Å². The second kappa shape index (κ2) is 5.27. The monoisotopic (exact) mass is 243 g/mol. The number of rotatable bonds is 4. The van der Waals surface area contributed by atoms with Crippen LogP contribution in [0.3, 0.4) is 0 Å². The van der Waals surface area contributed by atoms with Gasteiger partial charge in [0.2, 0.25) is 0 Å². The number of hydrogen-bond donors (Lipinski definition) is 0. The van der Waals surface area contributed by atoms with Crippen LogP contribution in [0.4, 0.5) is 11.4 Å². The normalized spacial score (nSPS) is 10.9. The minimum absolute atomic E-state index is 0.0514. The molecule has 0 saturated heterocycles. The van der Waals surface area contributed by atoms with Gasteiger partial charge in [-0.2, -0.15) is 0 Å². The van der Waals surface area contributed by atoms with E-state index in [2.05, 4.69) is 4.99 Å². The summed E-state index contributed by atoms with van der Waals surface area (Å²) in [5, 5.41) is 10.6. The summed E-state index contributed by atoms with van der Waals surface area (Å²) in [6.45, 7) is 2.91. The molecular weight excluding hydrogens is 230 g/mol. The van der Waals surface area contributed by atoms with Crippen molar-refractivity contribution in [2.24, 2.45) is 4.99 Å². The second-order valence-corrected chi connectivity index (χ2v) is 3.75. The predicted octanol–water partition coefficient (Wildman–Crippen LogP) is 3.17. The lowest BCUT2D eigenvalue weighted by Crippen LogP contribution is -1.97. The molecule has 0 bridgehead atoms. The van der Waals surface area contributed by atoms with Crippen molar-refractivity contribution in [3.05, 3.63) is 58.4 Å². The van der Waals surface area contributed by atoms with Crippen LogP contribution in [0.2, 0.25) is 0 Å². The van der Waals surface area contributed by atoms with Crippen LogP contribution in [0, 0.1) is 10.1 Å². The number of benzene rings is 1. The molecule has 0 atom stereocenters. The fourth-order valence-corrected chi connectivity index (χ4v) is 1.66. The highest BCUT2D eigenvalue weighted by Gasteiger charge is 2.04. The van der Waals surface area contributed by atoms with E-state index in [1.165, 1.54) is 12.1 Å². The van der Waals surface area contributed by atoms with Crippen molar-refractivity contribution in [2.75, 3.05) is 0 Å². The van der Waals surface area contributed by atoms with E-state index in [0.717, 1.165) is 12.2 Å². The first kappa shape index (κ1) is 12.0. The number of nitrogens with zero attached hydrogens (tertiary/aromatic N) is 3. The molecule has 92 valence electrons. The summed E-state index contributed by atoms with van der Waals surface area (Å²) in [6, 6.07) is 10.2. The van der Waals surface area contributed by atoms with E-state index >= 15 is 0 Å². The van der Waals surface area contributed by atoms with Crippen LogP contribution in [0.1, 0.15) is 12.6 Å². The molecule has 0 aliphatic rings. The fourth-order valence-electron chi connectivity index (χ4n) is 1.66. The lowest BCUT2D eigenvalue weighted by Gasteiger charge is -2.00. The van der Waals surface area contributed by atoms with Crippen LogP contribution in [0.15, 0.2) is 47.6 Å². The minimum Gasteiger partial charge on any atom is -0.347 e. The third kappa shape index (κ3) is 2.63. The maximum atomic E-state index is 10.6. The van der Waals surface area contributed by atoms with E-state index in [1.807, 2.05) is 29.8 Å². The highest BCUT2D eigenvalue weighted by Crippen LogP contribution is 2.19. The summed E-state index contributed by atoms with van der Waals surface area (Å²) < 4.78 is 2.04. The molecule has 0 aliphatic carbocycles. The van der Waals surface area contributed by atoms with Gasteiger partial charge in [0.05, 0.1) is 22.5 Å². The van der Waals surface area contributed by atoms with Gasteiger partial charge in [-0.1, -0.05) is 6.07 Å². The molecule has 0 saturated carbocycles. The Bertz CT molecular complexity index is 587. The van der Waals surface area contributed by atoms with Gasteiger partial charge >= 0.3 is 0 Å². The van der Waals surface area contributed by atoms with Crippen molar-refractivity contribution >= 4 is 17.6 Å². The van der Waals surface area contributed by atoms with Gasteiger partial charge in [-0.3, -0.25) is 15.1 Å². The number of hydrogen-bond acceptors (Lipinski definition) is 3. The fraction of sp³-hybridized carbons (Fsp3) is 0.154. The van der Waals surface area contributed by atoms with Gasteiger partial charge in [-0.25, -0.2) is 0 Å². The topological polar surface area (TPSA) is 60.4 Å². The smallest absolute Gasteiger partial charge is 0.271 e. The van der Waals surface area contributed by atoms with Crippen LogP contribution in [-0.4, -0.2) is 15.7 Å². The first-order valence-corrected chi connectivity index (χ1v) is 5.64. The minimum atomic E-state index is -0.423. The molecule has 0 aliphatic heterocycles. The van der Waals surface area contributed by atoms with Crippen LogP contribution >= 0.6 is 0 Å². The van der Waals surface area contributed by atoms with Crippen LogP contribution in [0.5, 0.6) is 0 Å². The summed E-state index contributed by atoms with van der Waals surface area (Å²) in [5.74, 6) is 0.